The van der Waals surface area contributed by atoms with Crippen molar-refractivity contribution in [3.8, 4) is 11.5 Å². The minimum Gasteiger partial charge on any atom is -0.493 e. The highest BCUT2D eigenvalue weighted by atomic mass is 32.2. The first-order valence-corrected chi connectivity index (χ1v) is 10.1. The van der Waals surface area contributed by atoms with Crippen LogP contribution in [0, 0.1) is 10.1 Å². The molecule has 10 nitrogen and oxygen atoms in total. The maximum Gasteiger partial charge on any atom is 0.346 e. The summed E-state index contributed by atoms with van der Waals surface area (Å²) in [6.45, 7) is 0. The zero-order valence-corrected chi connectivity index (χ0v) is 16.4. The van der Waals surface area contributed by atoms with Crippen molar-refractivity contribution < 1.29 is 27.1 Å². The van der Waals surface area contributed by atoms with Crippen molar-refractivity contribution in [2.75, 3.05) is 7.11 Å². The molecule has 1 amide bonds. The molecule has 2 aromatic rings. The summed E-state index contributed by atoms with van der Waals surface area (Å²) in [4.78, 5) is 25.3. The van der Waals surface area contributed by atoms with E-state index in [2.05, 4.69) is 4.99 Å². The first-order valence-electron chi connectivity index (χ1n) is 7.85. The fourth-order valence-corrected chi connectivity index (χ4v) is 4.19. The van der Waals surface area contributed by atoms with E-state index < -0.39 is 31.5 Å². The molecule has 0 aromatic heterocycles. The molecular weight excluding hydrogens is 422 g/mol. The first kappa shape index (κ1) is 20.4. The zero-order chi connectivity index (χ0) is 21.2. The maximum absolute atomic E-state index is 12.6. The van der Waals surface area contributed by atoms with Crippen LogP contribution in [0.3, 0.4) is 0 Å². The number of para-hydroxylation sites is 1. The van der Waals surface area contributed by atoms with Crippen LogP contribution in [-0.4, -0.2) is 31.5 Å². The number of aliphatic imine (C=N–C) groups is 1. The number of amides is 1. The largest absolute Gasteiger partial charge is 0.493 e. The number of carbonyl (C=O) groups excluding carboxylic acids is 1. The summed E-state index contributed by atoms with van der Waals surface area (Å²) in [5.74, 6) is -0.606. The van der Waals surface area contributed by atoms with Gasteiger partial charge in [0.25, 0.3) is 11.6 Å². The summed E-state index contributed by atoms with van der Waals surface area (Å²) in [6, 6.07) is 9.07. The molecule has 1 heterocycles. The summed E-state index contributed by atoms with van der Waals surface area (Å²) in [5.41, 5.74) is 5.40. The Morgan fingerprint density at radius 1 is 1.21 bits per heavy atom. The number of amidine groups is 1. The smallest absolute Gasteiger partial charge is 0.346 e. The summed E-state index contributed by atoms with van der Waals surface area (Å²) in [7, 11) is -3.20. The van der Waals surface area contributed by atoms with Crippen LogP contribution < -0.4 is 14.7 Å². The van der Waals surface area contributed by atoms with Gasteiger partial charge in [-0.25, -0.2) is 0 Å². The molecule has 1 aliphatic rings. The van der Waals surface area contributed by atoms with E-state index in [1.54, 1.807) is 0 Å². The van der Waals surface area contributed by atoms with E-state index in [4.69, 9.17) is 14.7 Å². The molecule has 0 saturated carbocycles. The molecule has 29 heavy (non-hydrogen) atoms. The Morgan fingerprint density at radius 2 is 1.93 bits per heavy atom. The SMILES string of the molecule is COc1cc(C=C2SC(N)=NC2=O)ccc1OS(=O)(=O)c1ccccc1[N+](=O)[O-]. The van der Waals surface area contributed by atoms with Crippen LogP contribution in [0.1, 0.15) is 5.56 Å². The van der Waals surface area contributed by atoms with Crippen LogP contribution in [0.4, 0.5) is 5.69 Å². The Morgan fingerprint density at radius 3 is 2.55 bits per heavy atom. The van der Waals surface area contributed by atoms with Crippen molar-refractivity contribution in [1.82, 2.24) is 0 Å². The van der Waals surface area contributed by atoms with E-state index in [-0.39, 0.29) is 16.7 Å². The number of nitrogens with two attached hydrogens (primary N) is 1. The van der Waals surface area contributed by atoms with Crippen molar-refractivity contribution >= 4 is 44.7 Å². The number of nitro benzene ring substituents is 1. The second kappa shape index (κ2) is 7.93. The fraction of sp³-hybridized carbons (Fsp3) is 0.0588. The average molecular weight is 435 g/mol. The van der Waals surface area contributed by atoms with Crippen LogP contribution in [0.5, 0.6) is 11.5 Å². The summed E-state index contributed by atoms with van der Waals surface area (Å²) >= 11 is 1.01. The van der Waals surface area contributed by atoms with Crippen molar-refractivity contribution in [3.63, 3.8) is 0 Å². The van der Waals surface area contributed by atoms with Crippen molar-refractivity contribution in [1.29, 1.82) is 0 Å². The molecular formula is C17H13N3O7S2. The molecule has 0 unspecified atom stereocenters. The van der Waals surface area contributed by atoms with E-state index in [0.717, 1.165) is 23.9 Å². The molecule has 0 saturated heterocycles. The van der Waals surface area contributed by atoms with E-state index in [0.29, 0.717) is 10.5 Å². The molecule has 150 valence electrons. The van der Waals surface area contributed by atoms with Gasteiger partial charge >= 0.3 is 10.1 Å². The molecule has 3 rings (SSSR count). The monoisotopic (exact) mass is 435 g/mol. The minimum absolute atomic E-state index is 0.0471. The van der Waals surface area contributed by atoms with Gasteiger partial charge in [0, 0.05) is 6.07 Å². The molecule has 0 bridgehead atoms. The predicted octanol–water partition coefficient (Wildman–Crippen LogP) is 2.30. The van der Waals surface area contributed by atoms with Crippen LogP contribution >= 0.6 is 11.8 Å². The third-order valence-corrected chi connectivity index (χ3v) is 5.75. The highest BCUT2D eigenvalue weighted by Gasteiger charge is 2.28. The Balaban J connectivity index is 1.93. The number of carbonyl (C=O) groups is 1. The summed E-state index contributed by atoms with van der Waals surface area (Å²) in [5, 5.41) is 11.2. The quantitative estimate of drug-likeness (QED) is 0.312. The third-order valence-electron chi connectivity index (χ3n) is 3.65. The van der Waals surface area contributed by atoms with Crippen molar-refractivity contribution in [2.45, 2.75) is 4.90 Å². The first-order chi connectivity index (χ1) is 13.7. The van der Waals surface area contributed by atoms with Gasteiger partial charge in [0.2, 0.25) is 0 Å². The molecule has 2 N–H and O–H groups in total. The molecule has 0 aliphatic carbocycles. The molecule has 2 aromatic carbocycles. The van der Waals surface area contributed by atoms with Gasteiger partial charge in [0.05, 0.1) is 16.9 Å². The van der Waals surface area contributed by atoms with Gasteiger partial charge in [-0.2, -0.15) is 13.4 Å². The Hall–Kier alpha value is -3.38. The number of thioether (sulfide) groups is 1. The van der Waals surface area contributed by atoms with Crippen molar-refractivity contribution in [3.05, 3.63) is 63.0 Å². The molecule has 0 spiro atoms. The van der Waals surface area contributed by atoms with Crippen LogP contribution in [-0.2, 0) is 14.9 Å². The fourth-order valence-electron chi connectivity index (χ4n) is 2.40. The normalized spacial score (nSPS) is 15.3. The van der Waals surface area contributed by atoms with E-state index in [9.17, 15) is 23.3 Å². The lowest BCUT2D eigenvalue weighted by Gasteiger charge is -2.11. The van der Waals surface area contributed by atoms with E-state index in [1.807, 2.05) is 0 Å². The number of nitrogens with zero attached hydrogens (tertiary/aromatic N) is 2. The lowest BCUT2D eigenvalue weighted by atomic mass is 10.2. The number of benzene rings is 2. The standard InChI is InChI=1S/C17H13N3O7S2/c1-26-13-8-10(9-14-16(21)19-17(18)28-14)6-7-12(13)27-29(24,25)15-5-3-2-4-11(15)20(22)23/h2-9H,1H3,(H2,18,19,21). The highest BCUT2D eigenvalue weighted by Crippen LogP contribution is 2.34. The van der Waals surface area contributed by atoms with Gasteiger partial charge in [-0.3, -0.25) is 14.9 Å². The number of hydrogen-bond acceptors (Lipinski definition) is 9. The molecule has 12 heteroatoms. The van der Waals surface area contributed by atoms with Gasteiger partial charge in [-0.05, 0) is 41.6 Å². The van der Waals surface area contributed by atoms with Crippen LogP contribution in [0.15, 0.2) is 57.3 Å². The molecule has 1 aliphatic heterocycles. The second-order valence-corrected chi connectivity index (χ2v) is 8.12. The topological polar surface area (TPSA) is 151 Å². The van der Waals surface area contributed by atoms with Gasteiger partial charge in [-0.1, -0.05) is 18.2 Å². The zero-order valence-electron chi connectivity index (χ0n) is 14.8. The number of nitro groups is 1. The number of rotatable bonds is 6. The summed E-state index contributed by atoms with van der Waals surface area (Å²) < 4.78 is 35.4. The Kier molecular flexibility index (Phi) is 5.57. The van der Waals surface area contributed by atoms with Gasteiger partial charge in [-0.15, -0.1) is 0 Å². The van der Waals surface area contributed by atoms with E-state index >= 15 is 0 Å². The highest BCUT2D eigenvalue weighted by molar-refractivity contribution is 8.18. The molecule has 0 atom stereocenters. The van der Waals surface area contributed by atoms with Gasteiger partial charge in [0.15, 0.2) is 21.6 Å². The second-order valence-electron chi connectivity index (χ2n) is 5.54. The van der Waals surface area contributed by atoms with Gasteiger partial charge in [0.1, 0.15) is 0 Å². The number of methoxy groups -OCH3 is 1. The molecule has 0 fully saturated rings. The Labute approximate surface area is 169 Å². The maximum atomic E-state index is 12.6. The Bertz CT molecular complexity index is 1170. The third kappa shape index (κ3) is 4.38. The lowest BCUT2D eigenvalue weighted by molar-refractivity contribution is -0.387. The summed E-state index contributed by atoms with van der Waals surface area (Å²) in [6.07, 6.45) is 1.51. The van der Waals surface area contributed by atoms with E-state index in [1.165, 1.54) is 43.5 Å². The predicted molar refractivity (Wildman–Crippen MR) is 106 cm³/mol. The van der Waals surface area contributed by atoms with Crippen LogP contribution in [0.2, 0.25) is 0 Å². The van der Waals surface area contributed by atoms with Crippen LogP contribution in [0.25, 0.3) is 6.08 Å². The van der Waals surface area contributed by atoms with Gasteiger partial charge < -0.3 is 14.7 Å². The lowest BCUT2D eigenvalue weighted by Crippen LogP contribution is -2.12. The number of hydrogen-bond donors (Lipinski definition) is 1. The molecule has 0 radical (unpaired) electrons. The minimum atomic E-state index is -4.50. The van der Waals surface area contributed by atoms with Crippen molar-refractivity contribution in [2.24, 2.45) is 10.7 Å². The number of ether oxygens (including phenoxy) is 1. The average Bonchev–Trinajstić information content (AvgIpc) is 2.99.